The normalized spacial score (nSPS) is 33.3. The number of likely N-dealkylation sites (tertiary alicyclic amines) is 1. The smallest absolute Gasteiger partial charge is 0.229 e. The summed E-state index contributed by atoms with van der Waals surface area (Å²) in [7, 11) is 1.91. The minimum Gasteiger partial charge on any atom is -0.379 e. The summed E-state index contributed by atoms with van der Waals surface area (Å²) in [5.41, 5.74) is 0. The number of hydrogen-bond donors (Lipinski definition) is 1. The van der Waals surface area contributed by atoms with Crippen LogP contribution < -0.4 is 5.32 Å². The molecule has 2 aliphatic rings. The topological polar surface area (TPSA) is 41.6 Å². The molecular weight excluding hydrogens is 216 g/mol. The van der Waals surface area contributed by atoms with Gasteiger partial charge in [0.2, 0.25) is 5.91 Å². The Labute approximate surface area is 104 Å². The zero-order valence-electron chi connectivity index (χ0n) is 10.9. The van der Waals surface area contributed by atoms with Crippen LogP contribution in [0.5, 0.6) is 0 Å². The number of nitrogens with zero attached hydrogens (tertiary/aromatic N) is 1. The van der Waals surface area contributed by atoms with Gasteiger partial charge in [0.05, 0.1) is 19.1 Å². The Hall–Kier alpha value is -0.610. The van der Waals surface area contributed by atoms with Crippen molar-refractivity contribution in [3.63, 3.8) is 0 Å². The van der Waals surface area contributed by atoms with Crippen LogP contribution in [0, 0.1) is 11.8 Å². The van der Waals surface area contributed by atoms with E-state index in [0.717, 1.165) is 19.0 Å². The van der Waals surface area contributed by atoms with E-state index in [0.29, 0.717) is 19.1 Å². The van der Waals surface area contributed by atoms with Gasteiger partial charge in [-0.25, -0.2) is 0 Å². The van der Waals surface area contributed by atoms with Crippen LogP contribution in [0.3, 0.4) is 0 Å². The van der Waals surface area contributed by atoms with E-state index in [1.54, 1.807) is 0 Å². The van der Waals surface area contributed by atoms with Crippen molar-refractivity contribution in [1.29, 1.82) is 0 Å². The molecule has 0 radical (unpaired) electrons. The molecular formula is C13H24N2O2. The number of likely N-dealkylation sites (N-methyl/N-ethyl adjacent to an activating group) is 1. The predicted molar refractivity (Wildman–Crippen MR) is 66.8 cm³/mol. The Morgan fingerprint density at radius 2 is 2.29 bits per heavy atom. The second kappa shape index (κ2) is 5.83. The van der Waals surface area contributed by atoms with Crippen molar-refractivity contribution in [2.24, 2.45) is 11.8 Å². The molecule has 3 unspecified atom stereocenters. The van der Waals surface area contributed by atoms with Crippen LogP contribution in [0.2, 0.25) is 0 Å². The molecule has 2 aliphatic heterocycles. The number of amides is 1. The average molecular weight is 240 g/mol. The molecule has 98 valence electrons. The van der Waals surface area contributed by atoms with Crippen molar-refractivity contribution < 1.29 is 9.53 Å². The minimum atomic E-state index is 0.0281. The van der Waals surface area contributed by atoms with Gasteiger partial charge in [-0.05, 0) is 25.8 Å². The Morgan fingerprint density at radius 3 is 3.00 bits per heavy atom. The minimum absolute atomic E-state index is 0.0281. The summed E-state index contributed by atoms with van der Waals surface area (Å²) >= 11 is 0. The first-order valence-corrected chi connectivity index (χ1v) is 6.80. The van der Waals surface area contributed by atoms with Crippen LogP contribution in [0.25, 0.3) is 0 Å². The zero-order valence-corrected chi connectivity index (χ0v) is 10.9. The Bertz CT molecular complexity index is 270. The molecule has 0 saturated carbocycles. The Morgan fingerprint density at radius 1 is 1.47 bits per heavy atom. The van der Waals surface area contributed by atoms with Gasteiger partial charge in [0, 0.05) is 19.1 Å². The molecule has 2 saturated heterocycles. The molecule has 0 aromatic carbocycles. The number of nitrogens with one attached hydrogen (secondary N) is 1. The van der Waals surface area contributed by atoms with Gasteiger partial charge in [0.1, 0.15) is 0 Å². The van der Waals surface area contributed by atoms with Crippen LogP contribution in [-0.2, 0) is 9.53 Å². The van der Waals surface area contributed by atoms with E-state index in [4.69, 9.17) is 4.74 Å². The Kier molecular flexibility index (Phi) is 4.40. The van der Waals surface area contributed by atoms with E-state index in [1.807, 2.05) is 11.9 Å². The van der Waals surface area contributed by atoms with Gasteiger partial charge in [0.25, 0.3) is 0 Å². The lowest BCUT2D eigenvalue weighted by Crippen LogP contribution is -2.44. The van der Waals surface area contributed by atoms with Crippen LogP contribution >= 0.6 is 0 Å². The van der Waals surface area contributed by atoms with E-state index < -0.39 is 0 Å². The summed E-state index contributed by atoms with van der Waals surface area (Å²) < 4.78 is 5.41. The van der Waals surface area contributed by atoms with E-state index in [2.05, 4.69) is 12.2 Å². The van der Waals surface area contributed by atoms with Gasteiger partial charge in [-0.15, -0.1) is 0 Å². The van der Waals surface area contributed by atoms with Crippen LogP contribution in [-0.4, -0.2) is 50.2 Å². The molecule has 0 bridgehead atoms. The third-order valence-corrected chi connectivity index (χ3v) is 4.06. The molecule has 0 aliphatic carbocycles. The lowest BCUT2D eigenvalue weighted by molar-refractivity contribution is -0.135. The number of carbonyl (C=O) groups excluding carboxylic acids is 1. The van der Waals surface area contributed by atoms with Gasteiger partial charge in [0.15, 0.2) is 0 Å². The van der Waals surface area contributed by atoms with Crippen LogP contribution in [0.15, 0.2) is 0 Å². The molecule has 4 nitrogen and oxygen atoms in total. The third-order valence-electron chi connectivity index (χ3n) is 4.06. The lowest BCUT2D eigenvalue weighted by Gasteiger charge is -2.23. The highest BCUT2D eigenvalue weighted by molar-refractivity contribution is 5.80. The second-order valence-corrected chi connectivity index (χ2v) is 5.27. The van der Waals surface area contributed by atoms with Crippen molar-refractivity contribution >= 4 is 5.91 Å². The molecule has 0 spiro atoms. The van der Waals surface area contributed by atoms with Gasteiger partial charge < -0.3 is 15.0 Å². The van der Waals surface area contributed by atoms with E-state index in [9.17, 15) is 4.79 Å². The van der Waals surface area contributed by atoms with Crippen molar-refractivity contribution in [3.05, 3.63) is 0 Å². The number of ether oxygens (including phenoxy) is 1. The summed E-state index contributed by atoms with van der Waals surface area (Å²) in [5.74, 6) is 1.04. The molecule has 0 aromatic heterocycles. The third kappa shape index (κ3) is 2.80. The highest BCUT2D eigenvalue weighted by Crippen LogP contribution is 2.24. The maximum absolute atomic E-state index is 12.4. The fraction of sp³-hybridized carbons (Fsp3) is 0.923. The summed E-state index contributed by atoms with van der Waals surface area (Å²) in [5, 5.41) is 3.18. The van der Waals surface area contributed by atoms with Crippen molar-refractivity contribution in [2.75, 3.05) is 33.4 Å². The number of hydrogen-bond acceptors (Lipinski definition) is 3. The molecule has 3 atom stereocenters. The van der Waals surface area contributed by atoms with Gasteiger partial charge in [-0.1, -0.05) is 13.3 Å². The summed E-state index contributed by atoms with van der Waals surface area (Å²) in [4.78, 5) is 14.4. The zero-order chi connectivity index (χ0) is 12.3. The first kappa shape index (κ1) is 12.8. The van der Waals surface area contributed by atoms with Crippen LogP contribution in [0.4, 0.5) is 0 Å². The molecule has 0 aromatic rings. The summed E-state index contributed by atoms with van der Waals surface area (Å²) in [6.07, 6.45) is 3.65. The van der Waals surface area contributed by atoms with Crippen molar-refractivity contribution in [2.45, 2.75) is 32.2 Å². The van der Waals surface area contributed by atoms with Crippen molar-refractivity contribution in [1.82, 2.24) is 10.2 Å². The first-order valence-electron chi connectivity index (χ1n) is 6.80. The first-order chi connectivity index (χ1) is 8.26. The SMILES string of the molecule is CCCC1CCN(C(=O)C2COCC2NC)C1. The van der Waals surface area contributed by atoms with Gasteiger partial charge >= 0.3 is 0 Å². The van der Waals surface area contributed by atoms with Crippen LogP contribution in [0.1, 0.15) is 26.2 Å². The van der Waals surface area contributed by atoms with E-state index in [1.165, 1.54) is 19.3 Å². The predicted octanol–water partition coefficient (Wildman–Crippen LogP) is 0.869. The molecule has 1 N–H and O–H groups in total. The van der Waals surface area contributed by atoms with E-state index >= 15 is 0 Å². The van der Waals surface area contributed by atoms with Gasteiger partial charge in [-0.3, -0.25) is 4.79 Å². The number of rotatable bonds is 4. The molecule has 4 heteroatoms. The lowest BCUT2D eigenvalue weighted by atomic mass is 10.0. The molecule has 2 heterocycles. The quantitative estimate of drug-likeness (QED) is 0.793. The van der Waals surface area contributed by atoms with E-state index in [-0.39, 0.29) is 12.0 Å². The second-order valence-electron chi connectivity index (χ2n) is 5.27. The summed E-state index contributed by atoms with van der Waals surface area (Å²) in [6, 6.07) is 0.202. The fourth-order valence-corrected chi connectivity index (χ4v) is 2.99. The van der Waals surface area contributed by atoms with Gasteiger partial charge in [-0.2, -0.15) is 0 Å². The maximum Gasteiger partial charge on any atom is 0.229 e. The number of carbonyl (C=O) groups is 1. The maximum atomic E-state index is 12.4. The summed E-state index contributed by atoms with van der Waals surface area (Å²) in [6.45, 7) is 5.36. The molecule has 2 rings (SSSR count). The highest BCUT2D eigenvalue weighted by Gasteiger charge is 2.37. The Balaban J connectivity index is 1.88. The standard InChI is InChI=1S/C13H24N2O2/c1-3-4-10-5-6-15(7-10)13(16)11-8-17-9-12(11)14-2/h10-12,14H,3-9H2,1-2H3. The fourth-order valence-electron chi connectivity index (χ4n) is 2.99. The monoisotopic (exact) mass is 240 g/mol. The largest absolute Gasteiger partial charge is 0.379 e. The molecule has 1 amide bonds. The molecule has 2 fully saturated rings. The van der Waals surface area contributed by atoms with Crippen molar-refractivity contribution in [3.8, 4) is 0 Å². The average Bonchev–Trinajstić information content (AvgIpc) is 2.96. The molecule has 17 heavy (non-hydrogen) atoms. The highest BCUT2D eigenvalue weighted by atomic mass is 16.5.